The van der Waals surface area contributed by atoms with Gasteiger partial charge in [0.25, 0.3) is 0 Å². The van der Waals surface area contributed by atoms with Gasteiger partial charge in [-0.2, -0.15) is 0 Å². The van der Waals surface area contributed by atoms with Gasteiger partial charge >= 0.3 is 23.9 Å². The van der Waals surface area contributed by atoms with Gasteiger partial charge in [-0.25, -0.2) is 0 Å². The first kappa shape index (κ1) is 29.6. The monoisotopic (exact) mass is 570 g/mol. The van der Waals surface area contributed by atoms with E-state index in [0.29, 0.717) is 0 Å². The molecule has 1 aliphatic heterocycles. The third kappa shape index (κ3) is 7.42. The quantitative estimate of drug-likeness (QED) is 0.336. The number of thioether (sulfide) groups is 1. The van der Waals surface area contributed by atoms with E-state index in [1.54, 1.807) is 0 Å². The predicted octanol–water partition coefficient (Wildman–Crippen LogP) is 4.33. The van der Waals surface area contributed by atoms with Crippen LogP contribution in [0.2, 0.25) is 0 Å². The number of fused-ring (bicyclic) bond motifs is 1. The highest BCUT2D eigenvalue weighted by Gasteiger charge is 2.52. The Kier molecular flexibility index (Phi) is 9.86. The van der Waals surface area contributed by atoms with Crippen molar-refractivity contribution in [3.05, 3.63) is 65.2 Å². The zero-order chi connectivity index (χ0) is 28.8. The molecule has 0 N–H and O–H groups in total. The van der Waals surface area contributed by atoms with E-state index in [-0.39, 0.29) is 12.5 Å². The van der Waals surface area contributed by atoms with Crippen LogP contribution in [0.5, 0.6) is 0 Å². The van der Waals surface area contributed by atoms with Gasteiger partial charge in [0.05, 0.1) is 0 Å². The minimum Gasteiger partial charge on any atom is -0.463 e. The molecule has 0 saturated carbocycles. The van der Waals surface area contributed by atoms with E-state index < -0.39 is 53.7 Å². The maximum atomic E-state index is 12.1. The Morgan fingerprint density at radius 2 is 1.50 bits per heavy atom. The van der Waals surface area contributed by atoms with Gasteiger partial charge in [0.2, 0.25) is 0 Å². The second-order valence-corrected chi connectivity index (χ2v) is 11.1. The van der Waals surface area contributed by atoms with Crippen molar-refractivity contribution in [2.45, 2.75) is 87.6 Å². The standard InChI is InChI=1S/C30H34O9S/c1-17(31)35-16-26-27(36-18(2)32)28(37-19(3)33)29(38-20(4)34)30(39-26)40-23-12-7-11-22(15-23)25-14-8-10-21-9-5-6-13-24(21)25/h5-7,9,11-13,15,25-30H,8,10,14,16H2,1-4H3. The van der Waals surface area contributed by atoms with Crippen molar-refractivity contribution in [2.75, 3.05) is 6.61 Å². The van der Waals surface area contributed by atoms with Crippen molar-refractivity contribution in [3.8, 4) is 0 Å². The largest absolute Gasteiger partial charge is 0.463 e. The molecule has 0 bridgehead atoms. The molecule has 1 fully saturated rings. The van der Waals surface area contributed by atoms with Gasteiger partial charge in [-0.1, -0.05) is 48.2 Å². The van der Waals surface area contributed by atoms with E-state index in [1.807, 2.05) is 12.1 Å². The molecule has 9 nitrogen and oxygen atoms in total. The van der Waals surface area contributed by atoms with Crippen LogP contribution in [0.3, 0.4) is 0 Å². The molecule has 0 radical (unpaired) electrons. The lowest BCUT2D eigenvalue weighted by Crippen LogP contribution is -2.61. The van der Waals surface area contributed by atoms with E-state index in [1.165, 1.54) is 50.6 Å². The SMILES string of the molecule is CC(=O)OCC1OC(Sc2cccc(C3CCCc4ccccc43)c2)C(OC(C)=O)C(OC(C)=O)C1OC(C)=O. The van der Waals surface area contributed by atoms with E-state index in [9.17, 15) is 19.2 Å². The summed E-state index contributed by atoms with van der Waals surface area (Å²) >= 11 is 1.29. The highest BCUT2D eigenvalue weighted by molar-refractivity contribution is 7.99. The van der Waals surface area contributed by atoms with Crippen molar-refractivity contribution in [1.29, 1.82) is 0 Å². The number of aryl methyl sites for hydroxylation is 1. The molecule has 10 heteroatoms. The predicted molar refractivity (Wildman–Crippen MR) is 145 cm³/mol. The molecule has 4 rings (SSSR count). The topological polar surface area (TPSA) is 114 Å². The maximum absolute atomic E-state index is 12.1. The van der Waals surface area contributed by atoms with Crippen molar-refractivity contribution >= 4 is 35.6 Å². The van der Waals surface area contributed by atoms with Gasteiger partial charge in [0.15, 0.2) is 18.3 Å². The van der Waals surface area contributed by atoms with Gasteiger partial charge in [0, 0.05) is 38.5 Å². The van der Waals surface area contributed by atoms with Crippen molar-refractivity contribution in [3.63, 3.8) is 0 Å². The van der Waals surface area contributed by atoms with E-state index in [4.69, 9.17) is 23.7 Å². The molecule has 1 aliphatic carbocycles. The number of esters is 4. The summed E-state index contributed by atoms with van der Waals surface area (Å²) in [4.78, 5) is 48.6. The Morgan fingerprint density at radius 3 is 2.20 bits per heavy atom. The Balaban J connectivity index is 1.67. The van der Waals surface area contributed by atoms with Crippen LogP contribution in [0, 0.1) is 0 Å². The highest BCUT2D eigenvalue weighted by Crippen LogP contribution is 2.41. The molecule has 2 aliphatic rings. The molecule has 0 aromatic heterocycles. The zero-order valence-corrected chi connectivity index (χ0v) is 23.8. The molecule has 6 unspecified atom stereocenters. The van der Waals surface area contributed by atoms with Crippen LogP contribution < -0.4 is 0 Å². The first-order valence-electron chi connectivity index (χ1n) is 13.3. The number of carbonyl (C=O) groups is 4. The lowest BCUT2D eigenvalue weighted by molar-refractivity contribution is -0.237. The van der Waals surface area contributed by atoms with Crippen LogP contribution in [0.25, 0.3) is 0 Å². The minimum atomic E-state index is -1.19. The van der Waals surface area contributed by atoms with Crippen LogP contribution in [-0.2, 0) is 49.3 Å². The Hall–Kier alpha value is -3.37. The van der Waals surface area contributed by atoms with Crippen LogP contribution in [-0.4, -0.2) is 60.3 Å². The van der Waals surface area contributed by atoms with Gasteiger partial charge < -0.3 is 23.7 Å². The first-order valence-corrected chi connectivity index (χ1v) is 14.1. The summed E-state index contributed by atoms with van der Waals surface area (Å²) in [6.45, 7) is 4.63. The Bertz CT molecular complexity index is 1250. The van der Waals surface area contributed by atoms with E-state index in [0.717, 1.165) is 29.7 Å². The summed E-state index contributed by atoms with van der Waals surface area (Å²) in [5, 5.41) is 0. The summed E-state index contributed by atoms with van der Waals surface area (Å²) in [6.07, 6.45) is -1.26. The fraction of sp³-hybridized carbons (Fsp3) is 0.467. The van der Waals surface area contributed by atoms with Crippen molar-refractivity contribution in [2.24, 2.45) is 0 Å². The number of benzene rings is 2. The van der Waals surface area contributed by atoms with Gasteiger partial charge in [0.1, 0.15) is 18.1 Å². The Labute approximate surface area is 237 Å². The molecule has 6 atom stereocenters. The second kappa shape index (κ2) is 13.3. The number of rotatable bonds is 8. The molecule has 2 aromatic rings. The smallest absolute Gasteiger partial charge is 0.303 e. The fourth-order valence-electron chi connectivity index (χ4n) is 5.32. The van der Waals surface area contributed by atoms with Crippen LogP contribution in [0.15, 0.2) is 53.4 Å². The second-order valence-electron chi connectivity index (χ2n) is 9.90. The molecule has 214 valence electrons. The molecule has 1 saturated heterocycles. The lowest BCUT2D eigenvalue weighted by atomic mass is 9.79. The van der Waals surface area contributed by atoms with Crippen LogP contribution >= 0.6 is 11.8 Å². The number of ether oxygens (including phenoxy) is 5. The lowest BCUT2D eigenvalue weighted by Gasteiger charge is -2.44. The molecule has 2 aromatic carbocycles. The van der Waals surface area contributed by atoms with Crippen molar-refractivity contribution < 1.29 is 42.9 Å². The van der Waals surface area contributed by atoms with E-state index in [2.05, 4.69) is 36.4 Å². The normalized spacial score (nSPS) is 25.7. The summed E-state index contributed by atoms with van der Waals surface area (Å²) in [5.74, 6) is -2.24. The highest BCUT2D eigenvalue weighted by atomic mass is 32.2. The van der Waals surface area contributed by atoms with E-state index >= 15 is 0 Å². The molecule has 1 heterocycles. The fourth-order valence-corrected chi connectivity index (χ4v) is 6.49. The minimum absolute atomic E-state index is 0.251. The zero-order valence-electron chi connectivity index (χ0n) is 23.0. The van der Waals surface area contributed by atoms with Gasteiger partial charge in [-0.3, -0.25) is 19.2 Å². The summed E-state index contributed by atoms with van der Waals surface area (Å²) in [6, 6.07) is 16.6. The Morgan fingerprint density at radius 1 is 0.825 bits per heavy atom. The number of hydrogen-bond acceptors (Lipinski definition) is 10. The molecular formula is C30H34O9S. The molecule has 40 heavy (non-hydrogen) atoms. The van der Waals surface area contributed by atoms with Crippen LogP contribution in [0.4, 0.5) is 0 Å². The maximum Gasteiger partial charge on any atom is 0.303 e. The number of carbonyl (C=O) groups excluding carboxylic acids is 4. The average Bonchev–Trinajstić information content (AvgIpc) is 2.90. The molecular weight excluding hydrogens is 536 g/mol. The van der Waals surface area contributed by atoms with Crippen molar-refractivity contribution in [1.82, 2.24) is 0 Å². The van der Waals surface area contributed by atoms with Crippen LogP contribution in [0.1, 0.15) is 63.1 Å². The molecule has 0 spiro atoms. The third-order valence-corrected chi connectivity index (χ3v) is 7.97. The third-order valence-electron chi connectivity index (χ3n) is 6.83. The van der Waals surface area contributed by atoms with Gasteiger partial charge in [-0.15, -0.1) is 0 Å². The summed E-state index contributed by atoms with van der Waals surface area (Å²) < 4.78 is 28.1. The summed E-state index contributed by atoms with van der Waals surface area (Å²) in [5.41, 5.74) is 2.97. The average molecular weight is 571 g/mol. The first-order chi connectivity index (χ1) is 19.1. The molecule has 0 amide bonds. The van der Waals surface area contributed by atoms with Gasteiger partial charge in [-0.05, 0) is 48.1 Å². The number of hydrogen-bond donors (Lipinski definition) is 0. The summed E-state index contributed by atoms with van der Waals surface area (Å²) in [7, 11) is 0.